The van der Waals surface area contributed by atoms with Gasteiger partial charge in [-0.2, -0.15) is 8.78 Å². The van der Waals surface area contributed by atoms with E-state index in [1.807, 2.05) is 18.2 Å². The molecule has 1 fully saturated rings. The van der Waals surface area contributed by atoms with Gasteiger partial charge in [0.2, 0.25) is 14.3 Å². The summed E-state index contributed by atoms with van der Waals surface area (Å²) >= 11 is 10.1. The van der Waals surface area contributed by atoms with Gasteiger partial charge in [0.1, 0.15) is 12.4 Å². The molecule has 3 aromatic rings. The number of fused-ring (bicyclic) bond motifs is 1. The molecule has 0 bridgehead atoms. The van der Waals surface area contributed by atoms with E-state index >= 15 is 0 Å². The van der Waals surface area contributed by atoms with E-state index in [1.165, 1.54) is 17.7 Å². The van der Waals surface area contributed by atoms with Crippen molar-refractivity contribution < 1.29 is 28.1 Å². The van der Waals surface area contributed by atoms with Crippen molar-refractivity contribution in [1.82, 2.24) is 0 Å². The first-order valence-corrected chi connectivity index (χ1v) is 12.4. The first-order valence-electron chi connectivity index (χ1n) is 9.12. The molecule has 1 aromatic heterocycles. The molecule has 1 aliphatic carbocycles. The maximum absolute atomic E-state index is 14.3. The van der Waals surface area contributed by atoms with Gasteiger partial charge in [0.05, 0.1) is 9.58 Å². The highest BCUT2D eigenvalue weighted by molar-refractivity contribution is 9.10. The monoisotopic (exact) mass is 549 g/mol. The quantitative estimate of drug-likeness (QED) is 0.305. The van der Waals surface area contributed by atoms with Crippen LogP contribution >= 0.6 is 47.2 Å². The molecule has 0 spiro atoms. The highest BCUT2D eigenvalue weighted by Gasteiger charge is 2.45. The second kappa shape index (κ2) is 8.54. The molecule has 164 valence electrons. The van der Waals surface area contributed by atoms with Gasteiger partial charge in [-0.25, -0.2) is 0 Å². The van der Waals surface area contributed by atoms with E-state index in [1.54, 1.807) is 0 Å². The van der Waals surface area contributed by atoms with Crippen LogP contribution in [0.5, 0.6) is 5.75 Å². The Morgan fingerprint density at radius 3 is 2.61 bits per heavy atom. The van der Waals surface area contributed by atoms with Gasteiger partial charge in [0, 0.05) is 26.0 Å². The van der Waals surface area contributed by atoms with E-state index < -0.39 is 24.8 Å². The number of halogens is 4. The average molecular weight is 551 g/mol. The van der Waals surface area contributed by atoms with Crippen LogP contribution in [0.25, 0.3) is 10.1 Å². The molecular weight excluding hydrogens is 535 g/mol. The maximum atomic E-state index is 14.3. The highest BCUT2D eigenvalue weighted by atomic mass is 79.9. The van der Waals surface area contributed by atoms with Crippen LogP contribution in [0, 0.1) is 0 Å². The van der Waals surface area contributed by atoms with Gasteiger partial charge in [-0.05, 0) is 58.5 Å². The van der Waals surface area contributed by atoms with Crippen molar-refractivity contribution in [3.05, 3.63) is 61.4 Å². The number of rotatable bonds is 7. The summed E-state index contributed by atoms with van der Waals surface area (Å²) in [6.45, 7) is 0.0506. The van der Waals surface area contributed by atoms with E-state index in [9.17, 15) is 23.4 Å². The van der Waals surface area contributed by atoms with E-state index in [-0.39, 0.29) is 27.8 Å². The lowest BCUT2D eigenvalue weighted by Gasteiger charge is -2.15. The Balaban J connectivity index is 1.73. The summed E-state index contributed by atoms with van der Waals surface area (Å²) < 4.78 is 34.8. The number of ether oxygens (including phenoxy) is 1. The second-order valence-electron chi connectivity index (χ2n) is 7.20. The van der Waals surface area contributed by atoms with Crippen LogP contribution < -0.4 is 10.5 Å². The Hall–Kier alpha value is -1.35. The lowest BCUT2D eigenvalue weighted by Crippen LogP contribution is -2.11. The summed E-state index contributed by atoms with van der Waals surface area (Å²) in [7, 11) is -3.56. The summed E-state index contributed by atoms with van der Waals surface area (Å²) in [4.78, 5) is 29.6. The number of carbonyl (C=O) groups excluding carboxylic acids is 1. The Kier molecular flexibility index (Phi) is 6.29. The molecule has 4 rings (SSSR count). The number of hydrogen-bond donors (Lipinski definition) is 3. The third kappa shape index (κ3) is 4.45. The van der Waals surface area contributed by atoms with Crippen LogP contribution in [0.3, 0.4) is 0 Å². The minimum absolute atomic E-state index is 0.0483. The molecule has 11 heteroatoms. The van der Waals surface area contributed by atoms with Gasteiger partial charge in [0.15, 0.2) is 0 Å². The van der Waals surface area contributed by atoms with Crippen LogP contribution in [0.1, 0.15) is 45.1 Å². The van der Waals surface area contributed by atoms with Gasteiger partial charge in [-0.3, -0.25) is 4.79 Å². The van der Waals surface area contributed by atoms with Crippen molar-refractivity contribution in [2.45, 2.75) is 31.0 Å². The molecule has 0 aliphatic heterocycles. The molecule has 0 saturated heterocycles. The SMILES string of the molecule is NC(=O)c1cc(OCc2ccc(C3CC3)cc2Cl)c2sc(C(F)(F)P(O)O)c(Br)c2c1. The van der Waals surface area contributed by atoms with Gasteiger partial charge in [0.25, 0.3) is 0 Å². The number of thiophene rings is 1. The fourth-order valence-electron chi connectivity index (χ4n) is 3.18. The predicted octanol–water partition coefficient (Wildman–Crippen LogP) is 6.22. The van der Waals surface area contributed by atoms with Gasteiger partial charge < -0.3 is 20.3 Å². The summed E-state index contributed by atoms with van der Waals surface area (Å²) in [5.74, 6) is -0.0374. The number of primary amides is 1. The first-order chi connectivity index (χ1) is 14.6. The normalized spacial score (nSPS) is 14.4. The number of amides is 1. The summed E-state index contributed by atoms with van der Waals surface area (Å²) in [5.41, 5.74) is 3.49. The standard InChI is InChI=1S/C20H16BrClF2NO4PS/c21-16-13-5-12(19(25)26)7-15(17(13)31-18(16)20(23,24)30(27)28)29-8-11-4-3-10(6-14(11)22)9-1-2-9/h3-7,9,27-28H,1-2,8H2,(H2,25,26). The molecule has 0 unspecified atom stereocenters. The molecule has 1 heterocycles. The average Bonchev–Trinajstić information content (AvgIpc) is 3.50. The van der Waals surface area contributed by atoms with E-state index in [0.717, 1.165) is 12.8 Å². The van der Waals surface area contributed by atoms with Crippen LogP contribution in [-0.2, 0) is 12.3 Å². The zero-order chi connectivity index (χ0) is 22.5. The van der Waals surface area contributed by atoms with E-state index in [4.69, 9.17) is 22.1 Å². The van der Waals surface area contributed by atoms with E-state index in [0.29, 0.717) is 32.5 Å². The first kappa shape index (κ1) is 22.8. The molecule has 31 heavy (non-hydrogen) atoms. The van der Waals surface area contributed by atoms with Crippen molar-refractivity contribution in [2.24, 2.45) is 5.73 Å². The minimum atomic E-state index is -3.86. The van der Waals surface area contributed by atoms with Crippen LogP contribution in [0.2, 0.25) is 5.02 Å². The minimum Gasteiger partial charge on any atom is -0.487 e. The topological polar surface area (TPSA) is 92.8 Å². The van der Waals surface area contributed by atoms with Gasteiger partial charge in [-0.15, -0.1) is 11.3 Å². The number of nitrogens with two attached hydrogens (primary N) is 1. The van der Waals surface area contributed by atoms with Crippen molar-refractivity contribution >= 4 is 63.2 Å². The number of carbonyl (C=O) groups is 1. The van der Waals surface area contributed by atoms with Crippen molar-refractivity contribution in [1.29, 1.82) is 0 Å². The van der Waals surface area contributed by atoms with E-state index in [2.05, 4.69) is 15.9 Å². The molecule has 4 N–H and O–H groups in total. The Bertz CT molecular complexity index is 1190. The van der Waals surface area contributed by atoms with Crippen molar-refractivity contribution in [3.63, 3.8) is 0 Å². The molecular formula is C20H16BrClF2NO4PS. The van der Waals surface area contributed by atoms with Gasteiger partial charge in [-0.1, -0.05) is 23.7 Å². The molecule has 0 atom stereocenters. The van der Waals surface area contributed by atoms with Crippen LogP contribution in [-0.4, -0.2) is 15.7 Å². The summed E-state index contributed by atoms with van der Waals surface area (Å²) in [6.07, 6.45) is 2.29. The Morgan fingerprint density at radius 1 is 1.32 bits per heavy atom. The predicted molar refractivity (Wildman–Crippen MR) is 121 cm³/mol. The lowest BCUT2D eigenvalue weighted by molar-refractivity contribution is 0.0766. The largest absolute Gasteiger partial charge is 0.487 e. The van der Waals surface area contributed by atoms with Gasteiger partial charge >= 0.3 is 5.66 Å². The molecule has 5 nitrogen and oxygen atoms in total. The molecule has 1 saturated carbocycles. The number of benzene rings is 2. The lowest BCUT2D eigenvalue weighted by atomic mass is 10.1. The zero-order valence-electron chi connectivity index (χ0n) is 15.7. The summed E-state index contributed by atoms with van der Waals surface area (Å²) in [5, 5.41) is 0.801. The Morgan fingerprint density at radius 2 is 2.03 bits per heavy atom. The number of alkyl halides is 2. The third-order valence-corrected chi connectivity index (χ3v) is 8.62. The maximum Gasteiger partial charge on any atom is 0.349 e. The van der Waals surface area contributed by atoms with Crippen LogP contribution in [0.15, 0.2) is 34.8 Å². The number of hydrogen-bond acceptors (Lipinski definition) is 5. The fourth-order valence-corrected chi connectivity index (χ4v) is 6.20. The summed E-state index contributed by atoms with van der Waals surface area (Å²) in [6, 6.07) is 8.49. The highest BCUT2D eigenvalue weighted by Crippen LogP contribution is 2.58. The van der Waals surface area contributed by atoms with Crippen molar-refractivity contribution in [2.75, 3.05) is 0 Å². The zero-order valence-corrected chi connectivity index (χ0v) is 19.8. The molecule has 1 amide bonds. The molecule has 0 radical (unpaired) electrons. The molecule has 1 aliphatic rings. The van der Waals surface area contributed by atoms with Crippen molar-refractivity contribution in [3.8, 4) is 5.75 Å². The third-order valence-electron chi connectivity index (χ3n) is 5.01. The molecule has 2 aromatic carbocycles. The Labute approximate surface area is 194 Å². The smallest absolute Gasteiger partial charge is 0.349 e. The fraction of sp³-hybridized carbons (Fsp3) is 0.250. The second-order valence-corrected chi connectivity index (χ2v) is 10.6. The van der Waals surface area contributed by atoms with Crippen LogP contribution in [0.4, 0.5) is 8.78 Å².